The van der Waals surface area contributed by atoms with E-state index < -0.39 is 6.10 Å². The summed E-state index contributed by atoms with van der Waals surface area (Å²) in [6.07, 6.45) is -0.841. The van der Waals surface area contributed by atoms with Gasteiger partial charge in [-0.3, -0.25) is 0 Å². The molecule has 5 heteroatoms. The minimum atomic E-state index is -0.841. The van der Waals surface area contributed by atoms with E-state index in [2.05, 4.69) is 38.3 Å². The normalized spacial score (nSPS) is 20.2. The van der Waals surface area contributed by atoms with Crippen LogP contribution >= 0.6 is 0 Å². The Bertz CT molecular complexity index is 541. The molecular weight excluding hydrogens is 280 g/mol. The molecule has 0 bridgehead atoms. The van der Waals surface area contributed by atoms with Gasteiger partial charge in [0.25, 0.3) is 0 Å². The molecule has 1 aromatic carbocycles. The van der Waals surface area contributed by atoms with E-state index in [1.165, 1.54) is 12.1 Å². The maximum Gasteiger partial charge on any atom is 0.314 e. The van der Waals surface area contributed by atoms with Crippen molar-refractivity contribution >= 4 is 6.03 Å². The van der Waals surface area contributed by atoms with Crippen LogP contribution in [0.1, 0.15) is 39.4 Å². The molecule has 1 aliphatic rings. The van der Waals surface area contributed by atoms with Crippen molar-refractivity contribution in [3.8, 4) is 5.75 Å². The first-order valence-corrected chi connectivity index (χ1v) is 7.65. The molecule has 122 valence electrons. The number of phenols is 1. The molecule has 0 radical (unpaired) electrons. The number of nitrogens with one attached hydrogen (secondary N) is 2. The standard InChI is InChI=1S/C17H26N2O3/c1-16(2)14(17(16,3)4)10-19-15(22)18-9-13(21)11-6-5-7-12(20)8-11/h5-8,13-14,20-21H,9-10H2,1-4H3,(H2,18,19,22)/t13-/m1/s1. The summed E-state index contributed by atoms with van der Waals surface area (Å²) >= 11 is 0. The van der Waals surface area contributed by atoms with Gasteiger partial charge in [0.1, 0.15) is 5.75 Å². The fourth-order valence-electron chi connectivity index (χ4n) is 3.14. The molecule has 1 aromatic rings. The quantitative estimate of drug-likeness (QED) is 0.674. The van der Waals surface area contributed by atoms with Crippen LogP contribution in [0.25, 0.3) is 0 Å². The van der Waals surface area contributed by atoms with Crippen LogP contribution in [0.4, 0.5) is 4.79 Å². The third-order valence-corrected chi connectivity index (χ3v) is 5.50. The molecule has 4 N–H and O–H groups in total. The lowest BCUT2D eigenvalue weighted by atomic mass is 10.0. The molecule has 2 rings (SSSR count). The molecule has 0 heterocycles. The maximum absolute atomic E-state index is 11.8. The van der Waals surface area contributed by atoms with Crippen molar-refractivity contribution in [2.45, 2.75) is 33.8 Å². The van der Waals surface area contributed by atoms with E-state index in [1.54, 1.807) is 12.1 Å². The van der Waals surface area contributed by atoms with Crippen LogP contribution in [0.5, 0.6) is 5.75 Å². The number of phenolic OH excluding ortho intramolecular Hbond substituents is 1. The lowest BCUT2D eigenvalue weighted by Crippen LogP contribution is -2.39. The Hall–Kier alpha value is -1.75. The van der Waals surface area contributed by atoms with Crippen molar-refractivity contribution in [1.82, 2.24) is 10.6 Å². The summed E-state index contributed by atoms with van der Waals surface area (Å²) in [7, 11) is 0. The smallest absolute Gasteiger partial charge is 0.314 e. The number of aromatic hydroxyl groups is 1. The van der Waals surface area contributed by atoms with Crippen LogP contribution in [-0.4, -0.2) is 29.3 Å². The molecule has 1 aliphatic carbocycles. The van der Waals surface area contributed by atoms with Crippen molar-refractivity contribution in [3.63, 3.8) is 0 Å². The average Bonchev–Trinajstić information content (AvgIpc) is 2.83. The number of amides is 2. The van der Waals surface area contributed by atoms with Gasteiger partial charge >= 0.3 is 6.03 Å². The largest absolute Gasteiger partial charge is 0.508 e. The highest BCUT2D eigenvalue weighted by Crippen LogP contribution is 2.67. The molecule has 0 unspecified atom stereocenters. The monoisotopic (exact) mass is 306 g/mol. The molecule has 5 nitrogen and oxygen atoms in total. The van der Waals surface area contributed by atoms with E-state index in [-0.39, 0.29) is 29.2 Å². The molecule has 1 fully saturated rings. The molecule has 0 saturated heterocycles. The lowest BCUT2D eigenvalue weighted by Gasteiger charge is -2.13. The SMILES string of the molecule is CC1(C)C(CNC(=O)NC[C@@H](O)c2cccc(O)c2)C1(C)C. The summed E-state index contributed by atoms with van der Waals surface area (Å²) in [4.78, 5) is 11.8. The Balaban J connectivity index is 1.75. The summed E-state index contributed by atoms with van der Waals surface area (Å²) in [5.74, 6) is 0.556. The Morgan fingerprint density at radius 2 is 1.86 bits per heavy atom. The first-order valence-electron chi connectivity index (χ1n) is 7.65. The molecule has 1 saturated carbocycles. The van der Waals surface area contributed by atoms with E-state index in [0.717, 1.165) is 0 Å². The van der Waals surface area contributed by atoms with Crippen LogP contribution in [0, 0.1) is 16.7 Å². The van der Waals surface area contributed by atoms with E-state index in [9.17, 15) is 15.0 Å². The van der Waals surface area contributed by atoms with Crippen molar-refractivity contribution in [2.24, 2.45) is 16.7 Å². The van der Waals surface area contributed by atoms with Gasteiger partial charge in [0.2, 0.25) is 0 Å². The predicted molar refractivity (Wildman–Crippen MR) is 85.5 cm³/mol. The number of carbonyl (C=O) groups is 1. The summed E-state index contributed by atoms with van der Waals surface area (Å²) in [6.45, 7) is 9.58. The second-order valence-corrected chi connectivity index (χ2v) is 7.20. The number of aliphatic hydroxyl groups is 1. The molecular formula is C17H26N2O3. The van der Waals surface area contributed by atoms with E-state index >= 15 is 0 Å². The highest BCUT2D eigenvalue weighted by atomic mass is 16.3. The molecule has 2 amide bonds. The summed E-state index contributed by atoms with van der Waals surface area (Å²) in [5.41, 5.74) is 1.05. The van der Waals surface area contributed by atoms with Crippen LogP contribution < -0.4 is 10.6 Å². The second-order valence-electron chi connectivity index (χ2n) is 7.20. The minimum absolute atomic E-state index is 0.0965. The van der Waals surface area contributed by atoms with Crippen LogP contribution in [0.3, 0.4) is 0 Å². The van der Waals surface area contributed by atoms with Gasteiger partial charge in [-0.1, -0.05) is 39.8 Å². The first kappa shape index (κ1) is 16.6. The fraction of sp³-hybridized carbons (Fsp3) is 0.588. The minimum Gasteiger partial charge on any atom is -0.508 e. The maximum atomic E-state index is 11.8. The van der Waals surface area contributed by atoms with Crippen molar-refractivity contribution < 1.29 is 15.0 Å². The number of rotatable bonds is 5. The van der Waals surface area contributed by atoms with Crippen LogP contribution in [0.2, 0.25) is 0 Å². The zero-order valence-electron chi connectivity index (χ0n) is 13.7. The zero-order valence-corrected chi connectivity index (χ0v) is 13.7. The zero-order chi connectivity index (χ0) is 16.5. The molecule has 1 atom stereocenters. The Labute approximate surface area is 131 Å². The Kier molecular flexibility index (Phi) is 4.38. The van der Waals surface area contributed by atoms with Gasteiger partial charge in [-0.2, -0.15) is 0 Å². The fourth-order valence-corrected chi connectivity index (χ4v) is 3.14. The third-order valence-electron chi connectivity index (χ3n) is 5.50. The highest BCUT2D eigenvalue weighted by molar-refractivity contribution is 5.73. The van der Waals surface area contributed by atoms with Gasteiger partial charge < -0.3 is 20.8 Å². The van der Waals surface area contributed by atoms with E-state index in [1.807, 2.05) is 0 Å². The number of hydrogen-bond donors (Lipinski definition) is 4. The Morgan fingerprint density at radius 3 is 2.41 bits per heavy atom. The van der Waals surface area contributed by atoms with Gasteiger partial charge in [-0.15, -0.1) is 0 Å². The van der Waals surface area contributed by atoms with Gasteiger partial charge in [0.05, 0.1) is 6.10 Å². The number of benzene rings is 1. The van der Waals surface area contributed by atoms with Crippen LogP contribution in [0.15, 0.2) is 24.3 Å². The van der Waals surface area contributed by atoms with E-state index in [0.29, 0.717) is 18.0 Å². The average molecular weight is 306 g/mol. The van der Waals surface area contributed by atoms with Gasteiger partial charge in [0.15, 0.2) is 0 Å². The number of hydrogen-bond acceptors (Lipinski definition) is 3. The van der Waals surface area contributed by atoms with Gasteiger partial charge in [-0.05, 0) is 34.4 Å². The highest BCUT2D eigenvalue weighted by Gasteiger charge is 2.64. The topological polar surface area (TPSA) is 81.6 Å². The Morgan fingerprint density at radius 1 is 1.23 bits per heavy atom. The number of aliphatic hydroxyl groups excluding tert-OH is 1. The van der Waals surface area contributed by atoms with Gasteiger partial charge in [0, 0.05) is 13.1 Å². The molecule has 22 heavy (non-hydrogen) atoms. The van der Waals surface area contributed by atoms with Crippen molar-refractivity contribution in [3.05, 3.63) is 29.8 Å². The third kappa shape index (κ3) is 3.19. The molecule has 0 spiro atoms. The van der Waals surface area contributed by atoms with Crippen LogP contribution in [-0.2, 0) is 0 Å². The number of carbonyl (C=O) groups excluding carboxylic acids is 1. The molecule has 0 aliphatic heterocycles. The predicted octanol–water partition coefficient (Wildman–Crippen LogP) is 2.41. The summed E-state index contributed by atoms with van der Waals surface area (Å²) < 4.78 is 0. The van der Waals surface area contributed by atoms with Crippen molar-refractivity contribution in [2.75, 3.05) is 13.1 Å². The van der Waals surface area contributed by atoms with E-state index in [4.69, 9.17) is 0 Å². The lowest BCUT2D eigenvalue weighted by molar-refractivity contribution is 0.172. The van der Waals surface area contributed by atoms with Crippen molar-refractivity contribution in [1.29, 1.82) is 0 Å². The summed E-state index contributed by atoms with van der Waals surface area (Å²) in [5, 5.41) is 24.9. The number of urea groups is 1. The molecule has 0 aromatic heterocycles. The van der Waals surface area contributed by atoms with Gasteiger partial charge in [-0.25, -0.2) is 4.79 Å². The second kappa shape index (κ2) is 5.80. The first-order chi connectivity index (χ1) is 10.2. The summed E-state index contributed by atoms with van der Waals surface area (Å²) in [6, 6.07) is 6.11.